The molecular formula is C15H23N3O3. The van der Waals surface area contributed by atoms with Crippen molar-refractivity contribution in [2.45, 2.75) is 12.8 Å². The fourth-order valence-electron chi connectivity index (χ4n) is 2.77. The van der Waals surface area contributed by atoms with E-state index in [1.54, 1.807) is 27.3 Å². The van der Waals surface area contributed by atoms with E-state index in [9.17, 15) is 4.79 Å². The van der Waals surface area contributed by atoms with Gasteiger partial charge in [0, 0.05) is 32.3 Å². The molecule has 0 aromatic heterocycles. The second-order valence-corrected chi connectivity index (χ2v) is 5.17. The van der Waals surface area contributed by atoms with Gasteiger partial charge in [0.1, 0.15) is 0 Å². The first-order valence-corrected chi connectivity index (χ1v) is 7.08. The molecular weight excluding hydrogens is 270 g/mol. The van der Waals surface area contributed by atoms with Crippen molar-refractivity contribution in [1.82, 2.24) is 5.32 Å². The Kier molecular flexibility index (Phi) is 4.77. The molecule has 3 N–H and O–H groups in total. The molecule has 0 aliphatic carbocycles. The number of carbonyl (C=O) groups excluding carboxylic acids is 1. The molecule has 2 rings (SSSR count). The van der Waals surface area contributed by atoms with Crippen LogP contribution in [0, 0.1) is 5.92 Å². The van der Waals surface area contributed by atoms with Crippen LogP contribution in [0.3, 0.4) is 0 Å². The van der Waals surface area contributed by atoms with Crippen molar-refractivity contribution in [2.24, 2.45) is 5.92 Å². The van der Waals surface area contributed by atoms with Crippen LogP contribution in [-0.2, 0) is 4.79 Å². The van der Waals surface area contributed by atoms with Gasteiger partial charge < -0.3 is 25.4 Å². The van der Waals surface area contributed by atoms with Crippen LogP contribution in [0.25, 0.3) is 0 Å². The Labute approximate surface area is 125 Å². The molecule has 0 radical (unpaired) electrons. The number of rotatable bonds is 4. The first kappa shape index (κ1) is 15.3. The van der Waals surface area contributed by atoms with Crippen LogP contribution < -0.4 is 25.4 Å². The fourth-order valence-corrected chi connectivity index (χ4v) is 2.77. The molecule has 0 bridgehead atoms. The van der Waals surface area contributed by atoms with Crippen LogP contribution in [0.4, 0.5) is 11.4 Å². The van der Waals surface area contributed by atoms with E-state index >= 15 is 0 Å². The fraction of sp³-hybridized carbons (Fsp3) is 0.533. The summed E-state index contributed by atoms with van der Waals surface area (Å²) in [5.41, 5.74) is 7.65. The smallest absolute Gasteiger partial charge is 0.224 e. The number of nitrogens with zero attached hydrogens (tertiary/aromatic N) is 1. The molecule has 1 fully saturated rings. The number of benzene rings is 1. The Bertz CT molecular complexity index is 519. The molecule has 1 aromatic rings. The molecule has 0 saturated carbocycles. The van der Waals surface area contributed by atoms with E-state index in [0.29, 0.717) is 23.7 Å². The van der Waals surface area contributed by atoms with Crippen molar-refractivity contribution in [2.75, 3.05) is 45.0 Å². The van der Waals surface area contributed by atoms with E-state index in [1.165, 1.54) is 0 Å². The van der Waals surface area contributed by atoms with Gasteiger partial charge in [0.05, 0.1) is 31.5 Å². The lowest BCUT2D eigenvalue weighted by atomic mass is 9.96. The zero-order valence-electron chi connectivity index (χ0n) is 12.8. The van der Waals surface area contributed by atoms with E-state index in [2.05, 4.69) is 10.2 Å². The van der Waals surface area contributed by atoms with Gasteiger partial charge in [-0.3, -0.25) is 4.79 Å². The average Bonchev–Trinajstić information content (AvgIpc) is 2.53. The Morgan fingerprint density at radius 3 is 2.62 bits per heavy atom. The van der Waals surface area contributed by atoms with Crippen molar-refractivity contribution in [3.05, 3.63) is 12.1 Å². The summed E-state index contributed by atoms with van der Waals surface area (Å²) in [7, 11) is 4.85. The summed E-state index contributed by atoms with van der Waals surface area (Å²) in [4.78, 5) is 14.0. The largest absolute Gasteiger partial charge is 0.493 e. The van der Waals surface area contributed by atoms with Crippen LogP contribution in [0.1, 0.15) is 12.8 Å². The minimum absolute atomic E-state index is 0.00348. The van der Waals surface area contributed by atoms with Crippen molar-refractivity contribution >= 4 is 17.3 Å². The predicted molar refractivity (Wildman–Crippen MR) is 83.0 cm³/mol. The van der Waals surface area contributed by atoms with Gasteiger partial charge in [0.2, 0.25) is 5.91 Å². The summed E-state index contributed by atoms with van der Waals surface area (Å²) >= 11 is 0. The van der Waals surface area contributed by atoms with Crippen molar-refractivity contribution in [3.63, 3.8) is 0 Å². The number of amides is 1. The van der Waals surface area contributed by atoms with Gasteiger partial charge in [0.25, 0.3) is 0 Å². The number of methoxy groups -OCH3 is 2. The van der Waals surface area contributed by atoms with Crippen LogP contribution in [0.2, 0.25) is 0 Å². The predicted octanol–water partition coefficient (Wildman–Crippen LogP) is 1.25. The molecule has 116 valence electrons. The number of piperidine rings is 1. The van der Waals surface area contributed by atoms with Crippen LogP contribution in [0.15, 0.2) is 12.1 Å². The van der Waals surface area contributed by atoms with Gasteiger partial charge >= 0.3 is 0 Å². The Morgan fingerprint density at radius 1 is 1.33 bits per heavy atom. The second-order valence-electron chi connectivity index (χ2n) is 5.17. The van der Waals surface area contributed by atoms with Crippen LogP contribution in [0.5, 0.6) is 11.5 Å². The van der Waals surface area contributed by atoms with Crippen LogP contribution in [-0.4, -0.2) is 40.3 Å². The summed E-state index contributed by atoms with van der Waals surface area (Å²) in [6, 6.07) is 3.64. The van der Waals surface area contributed by atoms with E-state index in [4.69, 9.17) is 15.2 Å². The van der Waals surface area contributed by atoms with E-state index in [-0.39, 0.29) is 11.8 Å². The van der Waals surface area contributed by atoms with Crippen molar-refractivity contribution < 1.29 is 14.3 Å². The Balaban J connectivity index is 2.26. The minimum atomic E-state index is -0.00348. The molecule has 1 aliphatic heterocycles. The summed E-state index contributed by atoms with van der Waals surface area (Å²) in [6.07, 6.45) is 1.87. The minimum Gasteiger partial charge on any atom is -0.493 e. The molecule has 1 saturated heterocycles. The molecule has 1 heterocycles. The van der Waals surface area contributed by atoms with E-state index < -0.39 is 0 Å². The molecule has 6 nitrogen and oxygen atoms in total. The van der Waals surface area contributed by atoms with Gasteiger partial charge in [-0.25, -0.2) is 0 Å². The number of anilines is 2. The number of nitrogens with two attached hydrogens (primary N) is 1. The average molecular weight is 293 g/mol. The first-order valence-electron chi connectivity index (χ1n) is 7.08. The summed E-state index contributed by atoms with van der Waals surface area (Å²) in [5, 5.41) is 2.72. The molecule has 1 unspecified atom stereocenters. The third-order valence-corrected chi connectivity index (χ3v) is 3.91. The molecule has 0 spiro atoms. The third kappa shape index (κ3) is 3.15. The third-order valence-electron chi connectivity index (χ3n) is 3.91. The highest BCUT2D eigenvalue weighted by Gasteiger charge is 2.26. The summed E-state index contributed by atoms with van der Waals surface area (Å²) in [5.74, 6) is 1.33. The van der Waals surface area contributed by atoms with Crippen LogP contribution >= 0.6 is 0 Å². The lowest BCUT2D eigenvalue weighted by Gasteiger charge is -2.34. The normalized spacial score (nSPS) is 18.2. The highest BCUT2D eigenvalue weighted by molar-refractivity contribution is 5.80. The number of nitrogens with one attached hydrogen (secondary N) is 1. The maximum absolute atomic E-state index is 11.8. The van der Waals surface area contributed by atoms with Gasteiger partial charge in [-0.05, 0) is 12.8 Å². The number of nitrogen functional groups attached to an aromatic ring is 1. The van der Waals surface area contributed by atoms with Gasteiger partial charge in [-0.1, -0.05) is 0 Å². The zero-order valence-corrected chi connectivity index (χ0v) is 12.8. The Hall–Kier alpha value is -2.11. The SMILES string of the molecule is CNC(=O)C1CCCN(c2cc(OC)c(OC)cc2N)C1. The molecule has 1 amide bonds. The maximum Gasteiger partial charge on any atom is 0.224 e. The maximum atomic E-state index is 11.8. The van der Waals surface area contributed by atoms with Gasteiger partial charge in [-0.15, -0.1) is 0 Å². The zero-order chi connectivity index (χ0) is 15.4. The van der Waals surface area contributed by atoms with Crippen molar-refractivity contribution in [3.8, 4) is 11.5 Å². The van der Waals surface area contributed by atoms with E-state index in [1.807, 2.05) is 6.07 Å². The standard InChI is InChI=1S/C15H23N3O3/c1-17-15(19)10-5-4-6-18(9-10)12-8-14(21-3)13(20-2)7-11(12)16/h7-8,10H,4-6,9,16H2,1-3H3,(H,17,19). The number of hydrogen-bond acceptors (Lipinski definition) is 5. The molecule has 21 heavy (non-hydrogen) atoms. The topological polar surface area (TPSA) is 76.8 Å². The number of hydrogen-bond donors (Lipinski definition) is 2. The molecule has 6 heteroatoms. The Morgan fingerprint density at radius 2 is 2.00 bits per heavy atom. The monoisotopic (exact) mass is 293 g/mol. The van der Waals surface area contributed by atoms with Crippen molar-refractivity contribution in [1.29, 1.82) is 0 Å². The molecule has 1 atom stereocenters. The van der Waals surface area contributed by atoms with E-state index in [0.717, 1.165) is 25.1 Å². The highest BCUT2D eigenvalue weighted by Crippen LogP contribution is 2.38. The van der Waals surface area contributed by atoms with Gasteiger partial charge in [0.15, 0.2) is 11.5 Å². The highest BCUT2D eigenvalue weighted by atomic mass is 16.5. The lowest BCUT2D eigenvalue weighted by Crippen LogP contribution is -2.42. The second kappa shape index (κ2) is 6.56. The molecule has 1 aliphatic rings. The number of ether oxygens (including phenoxy) is 2. The van der Waals surface area contributed by atoms with Gasteiger partial charge in [-0.2, -0.15) is 0 Å². The lowest BCUT2D eigenvalue weighted by molar-refractivity contribution is -0.124. The summed E-state index contributed by atoms with van der Waals surface area (Å²) < 4.78 is 10.6. The quantitative estimate of drug-likeness (QED) is 0.817. The summed E-state index contributed by atoms with van der Waals surface area (Å²) in [6.45, 7) is 1.55. The first-order chi connectivity index (χ1) is 10.1. The molecule has 1 aromatic carbocycles. The number of carbonyl (C=O) groups is 1.